The summed E-state index contributed by atoms with van der Waals surface area (Å²) < 4.78 is 1.79. The number of aromatic nitrogens is 3. The van der Waals surface area contributed by atoms with Crippen LogP contribution >= 0.6 is 8.73 Å². The van der Waals surface area contributed by atoms with E-state index in [0.717, 1.165) is 0 Å². The molecule has 0 aliphatic heterocycles. The lowest BCUT2D eigenvalue weighted by Gasteiger charge is -1.85. The Hall–Kier alpha value is -0.430. The highest BCUT2D eigenvalue weighted by atomic mass is 31.1. The molecule has 0 amide bonds. The third kappa shape index (κ3) is 0.967. The molecule has 0 spiro atoms. The second kappa shape index (κ2) is 2.03. The lowest BCUT2D eigenvalue weighted by Crippen LogP contribution is -1.78. The topological polar surface area (TPSA) is 30.7 Å². The highest BCUT2D eigenvalue weighted by Crippen LogP contribution is 2.00. The summed E-state index contributed by atoms with van der Waals surface area (Å²) in [6.07, 6.45) is 3.24. The van der Waals surface area contributed by atoms with Gasteiger partial charge in [-0.25, -0.2) is 9.44 Å². The van der Waals surface area contributed by atoms with Crippen molar-refractivity contribution in [1.82, 2.24) is 14.5 Å². The SMILES string of the molecule is CPn1cncn1. The number of rotatable bonds is 1. The quantitative estimate of drug-likeness (QED) is 0.494. The molecule has 3 nitrogen and oxygen atoms in total. The average Bonchev–Trinajstić information content (AvgIpc) is 2.14. The van der Waals surface area contributed by atoms with Crippen molar-refractivity contribution < 1.29 is 0 Å². The molecule has 0 aliphatic carbocycles. The first-order valence-electron chi connectivity index (χ1n) is 1.96. The van der Waals surface area contributed by atoms with Crippen LogP contribution in [0.5, 0.6) is 0 Å². The second-order valence-electron chi connectivity index (χ2n) is 1.06. The Morgan fingerprint density at radius 1 is 1.71 bits per heavy atom. The predicted octanol–water partition coefficient (Wildman–Crippen LogP) is 0.349. The van der Waals surface area contributed by atoms with Crippen LogP contribution in [-0.4, -0.2) is 21.2 Å². The fraction of sp³-hybridized carbons (Fsp3) is 0.333. The molecule has 1 heterocycles. The van der Waals surface area contributed by atoms with Gasteiger partial charge in [-0.3, -0.25) is 0 Å². The molecule has 0 fully saturated rings. The molecule has 0 saturated carbocycles. The maximum atomic E-state index is 3.85. The van der Waals surface area contributed by atoms with Crippen molar-refractivity contribution in [2.24, 2.45) is 0 Å². The summed E-state index contributed by atoms with van der Waals surface area (Å²) in [7, 11) is 0.698. The summed E-state index contributed by atoms with van der Waals surface area (Å²) in [6.45, 7) is 2.05. The molecule has 7 heavy (non-hydrogen) atoms. The number of hydrogen-bond acceptors (Lipinski definition) is 2. The van der Waals surface area contributed by atoms with Gasteiger partial charge < -0.3 is 0 Å². The van der Waals surface area contributed by atoms with Crippen molar-refractivity contribution in [3.63, 3.8) is 0 Å². The Bertz CT molecular complexity index is 125. The molecule has 1 aromatic rings. The maximum absolute atomic E-state index is 3.85. The fourth-order valence-corrected chi connectivity index (χ4v) is 0.673. The molecule has 0 saturated heterocycles. The van der Waals surface area contributed by atoms with Crippen LogP contribution in [0, 0.1) is 0 Å². The van der Waals surface area contributed by atoms with Crippen LogP contribution in [0.25, 0.3) is 0 Å². The summed E-state index contributed by atoms with van der Waals surface area (Å²) in [5.41, 5.74) is 0. The summed E-state index contributed by atoms with van der Waals surface area (Å²) in [5, 5.41) is 3.85. The van der Waals surface area contributed by atoms with Gasteiger partial charge in [0.15, 0.2) is 0 Å². The Kier molecular flexibility index (Phi) is 1.37. The Morgan fingerprint density at radius 3 is 2.86 bits per heavy atom. The van der Waals surface area contributed by atoms with Gasteiger partial charge in [0, 0.05) is 8.73 Å². The normalized spacial score (nSPS) is 11.0. The highest BCUT2D eigenvalue weighted by molar-refractivity contribution is 7.34. The first-order chi connectivity index (χ1) is 3.43. The largest absolute Gasteiger partial charge is 0.236 e. The molecular formula is C3H6N3P. The molecule has 0 bridgehead atoms. The van der Waals surface area contributed by atoms with E-state index in [1.54, 1.807) is 10.8 Å². The zero-order chi connectivity index (χ0) is 5.11. The Labute approximate surface area is 43.6 Å². The minimum Gasteiger partial charge on any atom is -0.236 e. The first-order valence-corrected chi connectivity index (χ1v) is 3.40. The van der Waals surface area contributed by atoms with Crippen LogP contribution in [0.3, 0.4) is 0 Å². The summed E-state index contributed by atoms with van der Waals surface area (Å²) >= 11 is 0. The summed E-state index contributed by atoms with van der Waals surface area (Å²) in [5.74, 6) is 0. The van der Waals surface area contributed by atoms with Gasteiger partial charge >= 0.3 is 0 Å². The first kappa shape index (κ1) is 4.72. The molecular weight excluding hydrogens is 109 g/mol. The molecule has 38 valence electrons. The number of nitrogens with zero attached hydrogens (tertiary/aromatic N) is 3. The van der Waals surface area contributed by atoms with E-state index in [1.165, 1.54) is 6.33 Å². The fourth-order valence-electron chi connectivity index (χ4n) is 0.324. The van der Waals surface area contributed by atoms with Crippen molar-refractivity contribution in [3.8, 4) is 0 Å². The van der Waals surface area contributed by atoms with E-state index in [0.29, 0.717) is 8.73 Å². The van der Waals surface area contributed by atoms with Gasteiger partial charge in [0.05, 0.1) is 0 Å². The van der Waals surface area contributed by atoms with Crippen LogP contribution in [0.2, 0.25) is 0 Å². The zero-order valence-electron chi connectivity index (χ0n) is 4.00. The van der Waals surface area contributed by atoms with E-state index in [9.17, 15) is 0 Å². The third-order valence-corrected chi connectivity index (χ3v) is 1.34. The minimum absolute atomic E-state index is 0.698. The smallest absolute Gasteiger partial charge is 0.138 e. The van der Waals surface area contributed by atoms with Crippen molar-refractivity contribution >= 4 is 8.73 Å². The average molecular weight is 115 g/mol. The van der Waals surface area contributed by atoms with Crippen LogP contribution in [0.4, 0.5) is 0 Å². The van der Waals surface area contributed by atoms with Crippen LogP contribution in [-0.2, 0) is 0 Å². The molecule has 0 radical (unpaired) electrons. The monoisotopic (exact) mass is 115 g/mol. The van der Waals surface area contributed by atoms with Crippen LogP contribution < -0.4 is 0 Å². The highest BCUT2D eigenvalue weighted by Gasteiger charge is 1.78. The lowest BCUT2D eigenvalue weighted by molar-refractivity contribution is 1.00. The molecule has 0 N–H and O–H groups in total. The van der Waals surface area contributed by atoms with Gasteiger partial charge in [-0.2, -0.15) is 5.10 Å². The van der Waals surface area contributed by atoms with Crippen LogP contribution in [0.1, 0.15) is 0 Å². The van der Waals surface area contributed by atoms with Gasteiger partial charge in [-0.15, -0.1) is 0 Å². The van der Waals surface area contributed by atoms with Gasteiger partial charge in [0.1, 0.15) is 12.7 Å². The van der Waals surface area contributed by atoms with Crippen molar-refractivity contribution in [2.45, 2.75) is 0 Å². The van der Waals surface area contributed by atoms with E-state index in [4.69, 9.17) is 0 Å². The maximum Gasteiger partial charge on any atom is 0.138 e. The minimum atomic E-state index is 0.698. The van der Waals surface area contributed by atoms with E-state index >= 15 is 0 Å². The molecule has 0 aromatic carbocycles. The Balaban J connectivity index is 2.76. The van der Waals surface area contributed by atoms with Gasteiger partial charge in [-0.05, 0) is 6.66 Å². The molecule has 1 atom stereocenters. The summed E-state index contributed by atoms with van der Waals surface area (Å²) in [4.78, 5) is 3.75. The molecule has 1 unspecified atom stereocenters. The van der Waals surface area contributed by atoms with Crippen molar-refractivity contribution in [1.29, 1.82) is 0 Å². The van der Waals surface area contributed by atoms with E-state index < -0.39 is 0 Å². The lowest BCUT2D eigenvalue weighted by atomic mass is 11.3. The molecule has 0 aliphatic rings. The van der Waals surface area contributed by atoms with Crippen molar-refractivity contribution in [3.05, 3.63) is 12.7 Å². The summed E-state index contributed by atoms with van der Waals surface area (Å²) in [6, 6.07) is 0. The van der Waals surface area contributed by atoms with E-state index in [2.05, 4.69) is 16.7 Å². The van der Waals surface area contributed by atoms with Gasteiger partial charge in [0.2, 0.25) is 0 Å². The standard InChI is InChI=1S/C3H6N3P/c1-7-6-3-4-2-5-6/h2-3,7H,1H3. The zero-order valence-corrected chi connectivity index (χ0v) is 5.00. The number of hydrogen-bond donors (Lipinski definition) is 0. The predicted molar refractivity (Wildman–Crippen MR) is 29.7 cm³/mol. The van der Waals surface area contributed by atoms with E-state index in [-0.39, 0.29) is 0 Å². The van der Waals surface area contributed by atoms with Gasteiger partial charge in [0.25, 0.3) is 0 Å². The Morgan fingerprint density at radius 2 is 2.57 bits per heavy atom. The third-order valence-electron chi connectivity index (χ3n) is 0.648. The second-order valence-corrected chi connectivity index (χ2v) is 1.97. The van der Waals surface area contributed by atoms with E-state index in [1.807, 2.05) is 0 Å². The van der Waals surface area contributed by atoms with Crippen LogP contribution in [0.15, 0.2) is 12.7 Å². The van der Waals surface area contributed by atoms with Crippen molar-refractivity contribution in [2.75, 3.05) is 6.66 Å². The molecule has 1 rings (SSSR count). The molecule has 1 aromatic heterocycles. The molecule has 4 heteroatoms. The van der Waals surface area contributed by atoms with Gasteiger partial charge in [-0.1, -0.05) is 0 Å².